The summed E-state index contributed by atoms with van der Waals surface area (Å²) < 4.78 is 0. The van der Waals surface area contributed by atoms with E-state index in [9.17, 15) is 14.4 Å². The zero-order chi connectivity index (χ0) is 14.3. The maximum absolute atomic E-state index is 11.7. The molecule has 0 aliphatic carbocycles. The number of amides is 1. The van der Waals surface area contributed by atoms with Gasteiger partial charge >= 0.3 is 0 Å². The first-order valence-corrected chi connectivity index (χ1v) is 6.00. The van der Waals surface area contributed by atoms with Crippen LogP contribution in [0, 0.1) is 0 Å². The fraction of sp³-hybridized carbons (Fsp3) is 0.636. The van der Waals surface area contributed by atoms with Crippen molar-refractivity contribution in [1.29, 1.82) is 0 Å². The molecular formula is C11H17N5O3. The van der Waals surface area contributed by atoms with Crippen molar-refractivity contribution in [2.24, 2.45) is 0 Å². The Kier molecular flexibility index (Phi) is 5.77. The average Bonchev–Trinajstić information content (AvgIpc) is 2.79. The lowest BCUT2D eigenvalue weighted by molar-refractivity contribution is -0.126. The Labute approximate surface area is 110 Å². The second-order valence-electron chi connectivity index (χ2n) is 4.33. The molecule has 0 fully saturated rings. The summed E-state index contributed by atoms with van der Waals surface area (Å²) in [6.45, 7) is 2.91. The molecule has 2 N–H and O–H groups in total. The number of aromatic amines is 1. The molecule has 0 radical (unpaired) electrons. The maximum atomic E-state index is 11.7. The monoisotopic (exact) mass is 267 g/mol. The fourth-order valence-corrected chi connectivity index (χ4v) is 1.58. The van der Waals surface area contributed by atoms with Crippen molar-refractivity contribution >= 4 is 17.5 Å². The van der Waals surface area contributed by atoms with Crippen LogP contribution in [0.3, 0.4) is 0 Å². The lowest BCUT2D eigenvalue weighted by Crippen LogP contribution is -2.40. The van der Waals surface area contributed by atoms with E-state index in [0.717, 1.165) is 0 Å². The number of hydrogen-bond acceptors (Lipinski definition) is 6. The Morgan fingerprint density at radius 3 is 2.58 bits per heavy atom. The highest BCUT2D eigenvalue weighted by Gasteiger charge is 2.18. The third-order valence-electron chi connectivity index (χ3n) is 2.56. The van der Waals surface area contributed by atoms with E-state index in [4.69, 9.17) is 0 Å². The zero-order valence-corrected chi connectivity index (χ0v) is 11.0. The Balaban J connectivity index is 2.42. The van der Waals surface area contributed by atoms with Crippen LogP contribution in [0.4, 0.5) is 0 Å². The molecule has 0 aromatic carbocycles. The minimum Gasteiger partial charge on any atom is -0.346 e. The molecular weight excluding hydrogens is 250 g/mol. The van der Waals surface area contributed by atoms with E-state index in [1.54, 1.807) is 0 Å². The molecule has 0 unspecified atom stereocenters. The van der Waals surface area contributed by atoms with Crippen LogP contribution in [0.5, 0.6) is 0 Å². The molecule has 1 heterocycles. The maximum Gasteiger partial charge on any atom is 0.228 e. The second kappa shape index (κ2) is 7.34. The number of nitrogens with zero attached hydrogens (tertiary/aromatic N) is 3. The number of tetrazole rings is 1. The SMILES string of the molecule is CC(=O)CCC[C@H](NC(=O)Cc1nn[nH]n1)C(C)=O. The van der Waals surface area contributed by atoms with Crippen molar-refractivity contribution in [3.8, 4) is 0 Å². The molecule has 0 saturated carbocycles. The summed E-state index contributed by atoms with van der Waals surface area (Å²) in [4.78, 5) is 33.9. The van der Waals surface area contributed by atoms with Crippen molar-refractivity contribution < 1.29 is 14.4 Å². The van der Waals surface area contributed by atoms with Crippen molar-refractivity contribution in [3.63, 3.8) is 0 Å². The smallest absolute Gasteiger partial charge is 0.228 e. The normalized spacial score (nSPS) is 11.9. The summed E-state index contributed by atoms with van der Waals surface area (Å²) in [7, 11) is 0. The Bertz CT molecular complexity index is 443. The highest BCUT2D eigenvalue weighted by Crippen LogP contribution is 2.03. The van der Waals surface area contributed by atoms with Crippen LogP contribution in [0.25, 0.3) is 0 Å². The van der Waals surface area contributed by atoms with Crippen molar-refractivity contribution in [3.05, 3.63) is 5.82 Å². The van der Waals surface area contributed by atoms with E-state index < -0.39 is 6.04 Å². The lowest BCUT2D eigenvalue weighted by Gasteiger charge is -2.14. The van der Waals surface area contributed by atoms with Gasteiger partial charge in [-0.05, 0) is 26.7 Å². The van der Waals surface area contributed by atoms with Crippen LogP contribution < -0.4 is 5.32 Å². The summed E-state index contributed by atoms with van der Waals surface area (Å²) >= 11 is 0. The molecule has 19 heavy (non-hydrogen) atoms. The van der Waals surface area contributed by atoms with E-state index in [1.807, 2.05) is 0 Å². The third kappa shape index (κ3) is 5.84. The number of H-pyrrole nitrogens is 1. The van der Waals surface area contributed by atoms with Gasteiger partial charge in [-0.15, -0.1) is 10.2 Å². The zero-order valence-electron chi connectivity index (χ0n) is 11.0. The third-order valence-corrected chi connectivity index (χ3v) is 2.56. The van der Waals surface area contributed by atoms with Crippen LogP contribution >= 0.6 is 0 Å². The molecule has 1 amide bonds. The molecule has 1 aromatic heterocycles. The Morgan fingerprint density at radius 1 is 1.32 bits per heavy atom. The fourth-order valence-electron chi connectivity index (χ4n) is 1.58. The highest BCUT2D eigenvalue weighted by molar-refractivity contribution is 5.88. The number of Topliss-reactive ketones (excluding diaryl/α,β-unsaturated/α-hetero) is 2. The predicted molar refractivity (Wildman–Crippen MR) is 65.0 cm³/mol. The molecule has 8 heteroatoms. The Morgan fingerprint density at radius 2 is 2.05 bits per heavy atom. The number of ketones is 2. The van der Waals surface area contributed by atoms with Crippen LogP contribution in [0.1, 0.15) is 38.9 Å². The minimum atomic E-state index is -0.571. The van der Waals surface area contributed by atoms with E-state index in [1.165, 1.54) is 13.8 Å². The molecule has 0 bridgehead atoms. The summed E-state index contributed by atoms with van der Waals surface area (Å²) in [5.74, 6) is -0.140. The number of carbonyl (C=O) groups is 3. The molecule has 1 atom stereocenters. The lowest BCUT2D eigenvalue weighted by atomic mass is 10.0. The first-order chi connectivity index (χ1) is 8.99. The van der Waals surface area contributed by atoms with Crippen LogP contribution in [-0.2, 0) is 20.8 Å². The van der Waals surface area contributed by atoms with Crippen molar-refractivity contribution in [1.82, 2.24) is 25.9 Å². The standard InChI is InChI=1S/C11H17N5O3/c1-7(17)4-3-5-9(8(2)18)12-11(19)6-10-13-15-16-14-10/h9H,3-6H2,1-2H3,(H,12,19)(H,13,14,15,16)/t9-/m0/s1. The average molecular weight is 267 g/mol. The number of nitrogens with one attached hydrogen (secondary N) is 2. The molecule has 0 spiro atoms. The van der Waals surface area contributed by atoms with Gasteiger partial charge in [-0.25, -0.2) is 0 Å². The van der Waals surface area contributed by atoms with Gasteiger partial charge in [0.25, 0.3) is 0 Å². The Hall–Kier alpha value is -2.12. The van der Waals surface area contributed by atoms with Gasteiger partial charge in [0, 0.05) is 6.42 Å². The van der Waals surface area contributed by atoms with Gasteiger partial charge < -0.3 is 10.1 Å². The van der Waals surface area contributed by atoms with E-state index in [0.29, 0.717) is 19.3 Å². The van der Waals surface area contributed by atoms with Gasteiger partial charge in [0.1, 0.15) is 5.78 Å². The van der Waals surface area contributed by atoms with Crippen molar-refractivity contribution in [2.75, 3.05) is 0 Å². The van der Waals surface area contributed by atoms with Gasteiger partial charge in [-0.1, -0.05) is 5.21 Å². The van der Waals surface area contributed by atoms with Gasteiger partial charge in [-0.3, -0.25) is 9.59 Å². The summed E-state index contributed by atoms with van der Waals surface area (Å²) in [6, 6.07) is -0.571. The first kappa shape index (κ1) is 14.9. The van der Waals surface area contributed by atoms with E-state index in [2.05, 4.69) is 25.9 Å². The first-order valence-electron chi connectivity index (χ1n) is 6.00. The number of aromatic nitrogens is 4. The summed E-state index contributed by atoms with van der Waals surface area (Å²) in [6.07, 6.45) is 1.40. The number of rotatable bonds is 8. The van der Waals surface area contributed by atoms with Gasteiger partial charge in [0.2, 0.25) is 5.91 Å². The van der Waals surface area contributed by atoms with Gasteiger partial charge in [-0.2, -0.15) is 5.21 Å². The molecule has 1 rings (SSSR count). The molecule has 104 valence electrons. The summed E-state index contributed by atoms with van der Waals surface area (Å²) in [5.41, 5.74) is 0. The van der Waals surface area contributed by atoms with Gasteiger partial charge in [0.05, 0.1) is 12.5 Å². The number of hydrogen-bond donors (Lipinski definition) is 2. The topological polar surface area (TPSA) is 118 Å². The number of carbonyl (C=O) groups excluding carboxylic acids is 3. The highest BCUT2D eigenvalue weighted by atomic mass is 16.2. The molecule has 0 aliphatic rings. The van der Waals surface area contributed by atoms with E-state index in [-0.39, 0.29) is 29.7 Å². The predicted octanol–water partition coefficient (Wildman–Crippen LogP) is -0.425. The van der Waals surface area contributed by atoms with Crippen LogP contribution in [0.15, 0.2) is 0 Å². The van der Waals surface area contributed by atoms with Crippen LogP contribution in [0.2, 0.25) is 0 Å². The molecule has 8 nitrogen and oxygen atoms in total. The molecule has 0 aliphatic heterocycles. The van der Waals surface area contributed by atoms with Crippen LogP contribution in [-0.4, -0.2) is 44.1 Å². The second-order valence-corrected chi connectivity index (χ2v) is 4.33. The van der Waals surface area contributed by atoms with Gasteiger partial charge in [0.15, 0.2) is 11.6 Å². The van der Waals surface area contributed by atoms with E-state index >= 15 is 0 Å². The summed E-state index contributed by atoms with van der Waals surface area (Å²) in [5, 5.41) is 15.5. The molecule has 0 saturated heterocycles. The largest absolute Gasteiger partial charge is 0.346 e. The molecule has 1 aromatic rings. The quantitative estimate of drug-likeness (QED) is 0.660. The van der Waals surface area contributed by atoms with Crippen molar-refractivity contribution in [2.45, 2.75) is 45.6 Å². The minimum absolute atomic E-state index is 0.0347.